The van der Waals surface area contributed by atoms with E-state index in [1.165, 1.54) is 12.1 Å². The lowest BCUT2D eigenvalue weighted by atomic mass is 9.78. The molecule has 5 heterocycles. The van der Waals surface area contributed by atoms with Crippen molar-refractivity contribution in [2.45, 2.75) is 50.1 Å². The molecule has 2 saturated heterocycles. The number of nitriles is 1. The van der Waals surface area contributed by atoms with Gasteiger partial charge in [-0.3, -0.25) is 9.69 Å². The maximum absolute atomic E-state index is 17.1. The van der Waals surface area contributed by atoms with Gasteiger partial charge < -0.3 is 25.4 Å². The normalized spacial score (nSPS) is 21.6. The molecule has 1 amide bonds. The number of benzene rings is 2. The summed E-state index contributed by atoms with van der Waals surface area (Å²) in [5.74, 6) is -0.872. The van der Waals surface area contributed by atoms with Gasteiger partial charge in [0.15, 0.2) is 11.6 Å². The number of carbonyl (C=O) groups excluding carboxylic acids is 1. The Morgan fingerprint density at radius 2 is 2.00 bits per heavy atom. The predicted octanol–water partition coefficient (Wildman–Crippen LogP) is 5.63. The number of nitrogens with one attached hydrogen (secondary N) is 1. The van der Waals surface area contributed by atoms with Crippen molar-refractivity contribution in [3.63, 3.8) is 0 Å². The molecule has 1 aliphatic carbocycles. The Morgan fingerprint density at radius 3 is 2.72 bits per heavy atom. The monoisotopic (exact) mass is 679 g/mol. The summed E-state index contributed by atoms with van der Waals surface area (Å²) >= 11 is 7.95. The van der Waals surface area contributed by atoms with Crippen LogP contribution >= 0.6 is 22.9 Å². The third kappa shape index (κ3) is 4.59. The standard InChI is InChI=1S/C33H32ClF2N7O3S/c1-39-31(44)16-12-17(13-16)43-10-11-45-27-23-26(40-32(41-30(23)43)46-15-33-6-2-8-42(33)9-3-7-33)25(36)22(24(27)34)18-4-5-20(35)28-21(18)19(14-37)29(38)47-28/h4-5,16-17H,2-3,6-13,15,38H2,1H3,(H,39,44). The number of rotatable bonds is 6. The van der Waals surface area contributed by atoms with Gasteiger partial charge >= 0.3 is 6.01 Å². The fraction of sp³-hybridized carbons (Fsp3) is 0.455. The molecule has 14 heteroatoms. The second-order valence-electron chi connectivity index (χ2n) is 12.8. The highest BCUT2D eigenvalue weighted by Gasteiger charge is 2.45. The van der Waals surface area contributed by atoms with Crippen LogP contribution in [0.5, 0.6) is 11.8 Å². The summed E-state index contributed by atoms with van der Waals surface area (Å²) in [6.45, 7) is 3.05. The molecular formula is C33H32ClF2N7O3S. The lowest BCUT2D eigenvalue weighted by Gasteiger charge is -2.42. The van der Waals surface area contributed by atoms with E-state index in [9.17, 15) is 14.4 Å². The molecule has 47 heavy (non-hydrogen) atoms. The van der Waals surface area contributed by atoms with E-state index in [0.29, 0.717) is 37.2 Å². The second kappa shape index (κ2) is 11.3. The molecule has 0 radical (unpaired) electrons. The lowest BCUT2D eigenvalue weighted by molar-refractivity contribution is -0.127. The van der Waals surface area contributed by atoms with E-state index < -0.39 is 11.6 Å². The zero-order valence-electron chi connectivity index (χ0n) is 25.7. The number of amides is 1. The van der Waals surface area contributed by atoms with Gasteiger partial charge in [0.2, 0.25) is 5.91 Å². The van der Waals surface area contributed by atoms with Crippen molar-refractivity contribution < 1.29 is 23.0 Å². The molecule has 0 spiro atoms. The first-order valence-corrected chi connectivity index (χ1v) is 17.1. The molecule has 3 N–H and O–H groups in total. The first-order chi connectivity index (χ1) is 22.7. The van der Waals surface area contributed by atoms with Crippen molar-refractivity contribution in [2.75, 3.05) is 50.5 Å². The van der Waals surface area contributed by atoms with Gasteiger partial charge in [0.25, 0.3) is 0 Å². The Hall–Kier alpha value is -3.99. The third-order valence-corrected chi connectivity index (χ3v) is 11.8. The number of carbonyl (C=O) groups is 1. The predicted molar refractivity (Wildman–Crippen MR) is 176 cm³/mol. The van der Waals surface area contributed by atoms with E-state index in [1.807, 2.05) is 11.0 Å². The van der Waals surface area contributed by atoms with E-state index in [2.05, 4.69) is 15.2 Å². The van der Waals surface area contributed by atoms with Gasteiger partial charge in [0.1, 0.15) is 41.4 Å². The Kier molecular flexibility index (Phi) is 7.31. The summed E-state index contributed by atoms with van der Waals surface area (Å²) < 4.78 is 44.8. The molecule has 0 atom stereocenters. The number of hydrogen-bond donors (Lipinski definition) is 2. The van der Waals surface area contributed by atoms with Crippen LogP contribution in [-0.4, -0.2) is 72.3 Å². The summed E-state index contributed by atoms with van der Waals surface area (Å²) in [5, 5.41) is 13.2. The Bertz CT molecular complexity index is 2000. The van der Waals surface area contributed by atoms with E-state index in [1.54, 1.807) is 7.05 Å². The number of aromatic nitrogens is 2. The van der Waals surface area contributed by atoms with Crippen molar-refractivity contribution in [2.24, 2.45) is 5.92 Å². The number of ether oxygens (including phenoxy) is 2. The van der Waals surface area contributed by atoms with Crippen LogP contribution in [0.4, 0.5) is 19.6 Å². The highest BCUT2D eigenvalue weighted by atomic mass is 35.5. The molecule has 0 bridgehead atoms. The Labute approximate surface area is 278 Å². The van der Waals surface area contributed by atoms with E-state index >= 15 is 4.39 Å². The van der Waals surface area contributed by atoms with E-state index in [0.717, 1.165) is 50.1 Å². The molecule has 2 aromatic heterocycles. The summed E-state index contributed by atoms with van der Waals surface area (Å²) in [6.07, 6.45) is 5.42. The number of nitrogen functional groups attached to an aromatic ring is 1. The SMILES string of the molecule is CNC(=O)C1CC(N2CCOc3c(Cl)c(-c4ccc(F)c5sc(N)c(C#N)c45)c(F)c4nc(OCC56CCCN5CCC6)nc2c34)C1. The number of fused-ring (bicyclic) bond motifs is 2. The number of hydrogen-bond acceptors (Lipinski definition) is 10. The summed E-state index contributed by atoms with van der Waals surface area (Å²) in [7, 11) is 1.62. The van der Waals surface area contributed by atoms with Gasteiger partial charge in [0.05, 0.1) is 32.8 Å². The number of nitrogens with zero attached hydrogens (tertiary/aromatic N) is 5. The van der Waals surface area contributed by atoms with Crippen LogP contribution in [-0.2, 0) is 4.79 Å². The van der Waals surface area contributed by atoms with E-state index in [-0.39, 0.29) is 84.1 Å². The van der Waals surface area contributed by atoms with Gasteiger partial charge in [0, 0.05) is 30.0 Å². The third-order valence-electron chi connectivity index (χ3n) is 10.4. The molecule has 3 fully saturated rings. The molecule has 8 rings (SSSR count). The smallest absolute Gasteiger partial charge is 0.319 e. The summed E-state index contributed by atoms with van der Waals surface area (Å²) in [4.78, 5) is 26.4. The highest BCUT2D eigenvalue weighted by Crippen LogP contribution is 2.51. The van der Waals surface area contributed by atoms with Crippen molar-refractivity contribution >= 4 is 60.7 Å². The summed E-state index contributed by atoms with van der Waals surface area (Å²) in [5.41, 5.74) is 6.14. The van der Waals surface area contributed by atoms with Gasteiger partial charge in [-0.1, -0.05) is 17.7 Å². The van der Waals surface area contributed by atoms with Crippen LogP contribution in [0, 0.1) is 28.9 Å². The fourth-order valence-corrected chi connectivity index (χ4v) is 9.30. The summed E-state index contributed by atoms with van der Waals surface area (Å²) in [6, 6.07) is 4.65. The van der Waals surface area contributed by atoms with E-state index in [4.69, 9.17) is 31.8 Å². The molecule has 4 aliphatic rings. The van der Waals surface area contributed by atoms with Gasteiger partial charge in [-0.15, -0.1) is 11.3 Å². The second-order valence-corrected chi connectivity index (χ2v) is 14.3. The molecule has 3 aliphatic heterocycles. The average Bonchev–Trinajstić information content (AvgIpc) is 3.69. The molecule has 244 valence electrons. The zero-order chi connectivity index (χ0) is 32.6. The largest absolute Gasteiger partial charge is 0.489 e. The van der Waals surface area contributed by atoms with Crippen LogP contribution in [0.3, 0.4) is 0 Å². The van der Waals surface area contributed by atoms with Crippen LogP contribution in [0.25, 0.3) is 32.1 Å². The van der Waals surface area contributed by atoms with Crippen molar-refractivity contribution in [3.8, 4) is 29.0 Å². The van der Waals surface area contributed by atoms with Gasteiger partial charge in [-0.2, -0.15) is 15.2 Å². The van der Waals surface area contributed by atoms with Gasteiger partial charge in [-0.25, -0.2) is 8.78 Å². The first kappa shape index (κ1) is 30.4. The minimum Gasteiger partial charge on any atom is -0.489 e. The molecular weight excluding hydrogens is 648 g/mol. The number of halogens is 3. The van der Waals surface area contributed by atoms with Crippen LogP contribution < -0.4 is 25.4 Å². The molecule has 1 saturated carbocycles. The molecule has 2 aromatic carbocycles. The van der Waals surface area contributed by atoms with Crippen LogP contribution in [0.1, 0.15) is 44.1 Å². The minimum atomic E-state index is -0.771. The van der Waals surface area contributed by atoms with Crippen molar-refractivity contribution in [1.82, 2.24) is 20.2 Å². The van der Waals surface area contributed by atoms with Crippen molar-refractivity contribution in [1.29, 1.82) is 5.26 Å². The first-order valence-electron chi connectivity index (χ1n) is 15.9. The quantitative estimate of drug-likeness (QED) is 0.266. The topological polar surface area (TPSA) is 130 Å². The highest BCUT2D eigenvalue weighted by molar-refractivity contribution is 7.23. The minimum absolute atomic E-state index is 0.0170. The fourth-order valence-electron chi connectivity index (χ4n) is 8.02. The van der Waals surface area contributed by atoms with Crippen molar-refractivity contribution in [3.05, 3.63) is 34.4 Å². The van der Waals surface area contributed by atoms with Crippen LogP contribution in [0.15, 0.2) is 12.1 Å². The number of nitrogens with two attached hydrogens (primary N) is 1. The molecule has 10 nitrogen and oxygen atoms in total. The molecule has 0 unspecified atom stereocenters. The Morgan fingerprint density at radius 1 is 1.23 bits per heavy atom. The molecule has 4 aromatic rings. The van der Waals surface area contributed by atoms with Crippen LogP contribution in [0.2, 0.25) is 5.02 Å². The van der Waals surface area contributed by atoms with Gasteiger partial charge in [-0.05, 0) is 63.2 Å². The maximum atomic E-state index is 17.1. The zero-order valence-corrected chi connectivity index (χ0v) is 27.2. The average molecular weight is 680 g/mol. The number of anilines is 2. The lowest BCUT2D eigenvalue weighted by Crippen LogP contribution is -2.50. The Balaban J connectivity index is 1.31. The maximum Gasteiger partial charge on any atom is 0.319 e. The number of thiophene rings is 1.